The second-order valence-corrected chi connectivity index (χ2v) is 26.3. The zero-order valence-electron chi connectivity index (χ0n) is 56.4. The minimum Gasteiger partial charge on any atom is -0.504 e. The number of fused-ring (bicyclic) bond motifs is 17. The van der Waals surface area contributed by atoms with Crippen LogP contribution in [0.3, 0.4) is 0 Å². The van der Waals surface area contributed by atoms with Crippen molar-refractivity contribution in [3.05, 3.63) is 220 Å². The lowest BCUT2D eigenvalue weighted by Gasteiger charge is -2.36. The summed E-state index contributed by atoms with van der Waals surface area (Å²) in [5, 5.41) is 59.3. The van der Waals surface area contributed by atoms with Crippen LogP contribution >= 0.6 is 0 Å². The van der Waals surface area contributed by atoms with E-state index in [2.05, 4.69) is 145 Å². The molecule has 0 aromatic heterocycles. The predicted molar refractivity (Wildman–Crippen MR) is 388 cm³/mol. The van der Waals surface area contributed by atoms with E-state index in [0.717, 1.165) is 159 Å². The first-order valence-corrected chi connectivity index (χ1v) is 33.6. The monoisotopic (exact) mass is 1330 g/mol. The van der Waals surface area contributed by atoms with E-state index in [9.17, 15) is 30.6 Å². The van der Waals surface area contributed by atoms with Gasteiger partial charge in [0.15, 0.2) is 57.5 Å². The summed E-state index contributed by atoms with van der Waals surface area (Å²) in [4.78, 5) is 11.2. The molecule has 1 saturated heterocycles. The number of aliphatic hydroxyl groups excluding tert-OH is 2. The third-order valence-electron chi connectivity index (χ3n) is 20.3. The highest BCUT2D eigenvalue weighted by molar-refractivity contribution is 5.93. The van der Waals surface area contributed by atoms with E-state index in [0.29, 0.717) is 25.9 Å². The zero-order chi connectivity index (χ0) is 68.7. The van der Waals surface area contributed by atoms with Gasteiger partial charge in [0.05, 0.1) is 11.4 Å². The lowest BCUT2D eigenvalue weighted by atomic mass is 9.83. The van der Waals surface area contributed by atoms with Crippen molar-refractivity contribution in [2.24, 2.45) is 0 Å². The van der Waals surface area contributed by atoms with E-state index in [4.69, 9.17) is 28.4 Å². The van der Waals surface area contributed by atoms with Crippen LogP contribution in [0.4, 0.5) is 22.7 Å². The van der Waals surface area contributed by atoms with Crippen molar-refractivity contribution in [1.29, 1.82) is 0 Å². The SMILES string of the molecule is C=Cc1cccc2c1N(C)Cc1cc(O)c(O)cc1-2.C=Cc1cccc2c1N(C)Cc1cc3c(cc1-2)OCO3.CCc1cccc2c1N(C)Cc1cc(O)c(O)cc1-2.CCc1cccc2c1N(C)Cc1cc3c(cc1-2)OCO3.O[C@H]1C=C2CCN3Cc4cc5c(cc4C(=C23)[C@@H]1O)OCO5. The fourth-order valence-corrected chi connectivity index (χ4v) is 15.7. The maximum Gasteiger partial charge on any atom is 0.231 e. The van der Waals surface area contributed by atoms with Crippen molar-refractivity contribution in [1.82, 2.24) is 4.90 Å². The van der Waals surface area contributed by atoms with Crippen LogP contribution in [-0.4, -0.2) is 103 Å². The van der Waals surface area contributed by atoms with Gasteiger partial charge < -0.3 is 83.6 Å². The molecule has 0 bridgehead atoms. The Bertz CT molecular complexity index is 4860. The molecule has 9 aromatic rings. The van der Waals surface area contributed by atoms with Gasteiger partial charge in [0.1, 0.15) is 12.2 Å². The lowest BCUT2D eigenvalue weighted by molar-refractivity contribution is 0.0831. The molecule has 19 rings (SSSR count). The lowest BCUT2D eigenvalue weighted by Crippen LogP contribution is -2.35. The smallest absolute Gasteiger partial charge is 0.231 e. The highest BCUT2D eigenvalue weighted by Crippen LogP contribution is 2.52. The molecule has 504 valence electrons. The Balaban J connectivity index is 0.000000101. The molecule has 6 N–H and O–H groups in total. The number of allylic oxidation sites excluding steroid dienone is 1. The molecule has 0 spiro atoms. The Kier molecular flexibility index (Phi) is 16.6. The Morgan fingerprint density at radius 2 is 0.758 bits per heavy atom. The maximum atomic E-state index is 10.5. The Hall–Kier alpha value is -11.1. The zero-order valence-corrected chi connectivity index (χ0v) is 56.4. The van der Waals surface area contributed by atoms with Crippen LogP contribution in [-0.2, 0) is 45.6 Å². The van der Waals surface area contributed by atoms with Crippen LogP contribution in [0.15, 0.2) is 164 Å². The fraction of sp³-hybridized carbons (Fsp3) is 0.244. The second kappa shape index (κ2) is 25.7. The van der Waals surface area contributed by atoms with Crippen molar-refractivity contribution in [3.8, 4) is 102 Å². The van der Waals surface area contributed by atoms with Gasteiger partial charge in [-0.1, -0.05) is 112 Å². The summed E-state index contributed by atoms with van der Waals surface area (Å²) >= 11 is 0. The van der Waals surface area contributed by atoms with E-state index < -0.39 is 12.2 Å². The van der Waals surface area contributed by atoms with Crippen LogP contribution < -0.4 is 48.0 Å². The van der Waals surface area contributed by atoms with Gasteiger partial charge in [-0.25, -0.2) is 0 Å². The average Bonchev–Trinajstić information content (AvgIpc) is 1.66. The number of rotatable bonds is 4. The first kappa shape index (κ1) is 63.9. The molecule has 17 heteroatoms. The number of hydrogen-bond acceptors (Lipinski definition) is 17. The molecule has 2 atom stereocenters. The molecule has 0 radical (unpaired) electrons. The number of aromatic hydroxyl groups is 4. The summed E-state index contributed by atoms with van der Waals surface area (Å²) in [6.45, 7) is 18.0. The maximum absolute atomic E-state index is 10.5. The first-order valence-electron chi connectivity index (χ1n) is 33.6. The summed E-state index contributed by atoms with van der Waals surface area (Å²) < 4.78 is 32.9. The number of nitrogens with zero attached hydrogens (tertiary/aromatic N) is 5. The molecule has 99 heavy (non-hydrogen) atoms. The number of aliphatic hydroxyl groups is 2. The number of hydrogen-bond donors (Lipinski definition) is 6. The number of phenols is 4. The quantitative estimate of drug-likeness (QED) is 0.0911. The van der Waals surface area contributed by atoms with Crippen LogP contribution in [0.25, 0.3) is 62.2 Å². The third-order valence-corrected chi connectivity index (χ3v) is 20.3. The fourth-order valence-electron chi connectivity index (χ4n) is 15.7. The van der Waals surface area contributed by atoms with Crippen molar-refractivity contribution in [2.75, 3.05) is 74.7 Å². The molecular formula is C82H79N5O12. The van der Waals surface area contributed by atoms with Crippen molar-refractivity contribution < 1.29 is 59.1 Å². The molecule has 1 aliphatic carbocycles. The number of ether oxygens (including phenoxy) is 6. The molecule has 0 saturated carbocycles. The van der Waals surface area contributed by atoms with Gasteiger partial charge in [0, 0.05) is 112 Å². The predicted octanol–water partition coefficient (Wildman–Crippen LogP) is 14.9. The van der Waals surface area contributed by atoms with Crippen LogP contribution in [0.5, 0.6) is 57.5 Å². The van der Waals surface area contributed by atoms with Gasteiger partial charge in [-0.15, -0.1) is 0 Å². The Morgan fingerprint density at radius 1 is 0.414 bits per heavy atom. The van der Waals surface area contributed by atoms with Gasteiger partial charge in [-0.05, 0) is 169 Å². The van der Waals surface area contributed by atoms with Gasteiger partial charge in [-0.2, -0.15) is 0 Å². The highest BCUT2D eigenvalue weighted by Gasteiger charge is 2.41. The largest absolute Gasteiger partial charge is 0.504 e. The van der Waals surface area contributed by atoms with E-state index in [1.54, 1.807) is 30.3 Å². The normalized spacial score (nSPS) is 17.0. The standard InChI is InChI=1S/C17H17NO2.C17H15NO2.C16H15NO4.C16H17NO2.C16H15NO2/c2*1-3-11-5-4-6-13-14-8-16-15(19-10-20-16)7-12(14)9-18(2)17(11)13;18-11-3-8-1-2-17-6-9-4-12-13(21-7-20-12)5-10(9)14(15(8)17)16(11)19;2*1-3-10-5-4-6-12-13-8-15(19)14(18)7-11(13)9-17(2)16(10)12/h4-8H,3,9-10H2,1-2H3;3-8H,1,9-10H2,2H3;3-5,11,16,18-19H,1-2,6-7H2;4-8,18-19H,3,9H2,1-2H3;3-8,18-19H,1,9H2,2H3/t;;11-,16+;;/m..0../s1. The van der Waals surface area contributed by atoms with Gasteiger partial charge in [-0.3, -0.25) is 0 Å². The van der Waals surface area contributed by atoms with Crippen LogP contribution in [0, 0.1) is 0 Å². The summed E-state index contributed by atoms with van der Waals surface area (Å²) in [5.74, 6) is 4.62. The average molecular weight is 1330 g/mol. The number of benzene rings is 9. The number of para-hydroxylation sites is 4. The first-order chi connectivity index (χ1) is 48.0. The van der Waals surface area contributed by atoms with Crippen molar-refractivity contribution in [2.45, 2.75) is 78.0 Å². The molecule has 0 unspecified atom stereocenters. The summed E-state index contributed by atoms with van der Waals surface area (Å²) in [6, 6.07) is 44.1. The van der Waals surface area contributed by atoms with Gasteiger partial charge in [0.25, 0.3) is 0 Å². The highest BCUT2D eigenvalue weighted by atomic mass is 16.7. The summed E-state index contributed by atoms with van der Waals surface area (Å²) in [5.41, 5.74) is 28.8. The van der Waals surface area contributed by atoms with Crippen molar-refractivity contribution >= 4 is 40.5 Å². The van der Waals surface area contributed by atoms with E-state index >= 15 is 0 Å². The number of phenolic OH excluding ortho intramolecular Hbond substituents is 4. The number of aryl methyl sites for hydroxylation is 2. The molecule has 0 amide bonds. The summed E-state index contributed by atoms with van der Waals surface area (Å²) in [6.07, 6.45) is 6.76. The van der Waals surface area contributed by atoms with Gasteiger partial charge >= 0.3 is 0 Å². The Morgan fingerprint density at radius 3 is 1.17 bits per heavy atom. The Labute approximate surface area is 576 Å². The molecule has 9 heterocycles. The van der Waals surface area contributed by atoms with E-state index in [-0.39, 0.29) is 29.8 Å². The minimum atomic E-state index is -0.885. The molecular weight excluding hydrogens is 1250 g/mol. The van der Waals surface area contributed by atoms with Crippen LogP contribution in [0.1, 0.15) is 75.9 Å². The summed E-state index contributed by atoms with van der Waals surface area (Å²) in [7, 11) is 8.34. The van der Waals surface area contributed by atoms with Gasteiger partial charge in [0.2, 0.25) is 20.4 Å². The number of anilines is 4. The molecule has 17 nitrogen and oxygen atoms in total. The topological polar surface area (TPSA) is 193 Å². The van der Waals surface area contributed by atoms with E-state index in [1.165, 1.54) is 61.6 Å². The molecule has 9 aliphatic heterocycles. The molecule has 9 aromatic carbocycles. The molecule has 10 aliphatic rings. The van der Waals surface area contributed by atoms with E-state index in [1.807, 2.05) is 55.6 Å². The minimum absolute atomic E-state index is 0.0535. The van der Waals surface area contributed by atoms with Crippen molar-refractivity contribution in [3.63, 3.8) is 0 Å². The third kappa shape index (κ3) is 11.2. The molecule has 1 fully saturated rings. The van der Waals surface area contributed by atoms with Crippen LogP contribution in [0.2, 0.25) is 0 Å². The second-order valence-electron chi connectivity index (χ2n) is 26.3.